The average molecular weight is 484 g/mol. The van der Waals surface area contributed by atoms with E-state index in [4.69, 9.17) is 10.7 Å². The van der Waals surface area contributed by atoms with Gasteiger partial charge >= 0.3 is 0 Å². The Labute approximate surface area is 191 Å². The zero-order valence-electron chi connectivity index (χ0n) is 18.1. The van der Waals surface area contributed by atoms with Crippen LogP contribution < -0.4 is 5.73 Å². The molecule has 3 aromatic heterocycles. The number of pyridine rings is 3. The second-order valence-corrected chi connectivity index (χ2v) is 11.8. The molecule has 3 heterocycles. The number of sulfone groups is 1. The second-order valence-electron chi connectivity index (χ2n) is 7.61. The summed E-state index contributed by atoms with van der Waals surface area (Å²) in [5.74, 6) is -0.0958. The molecule has 0 aliphatic carbocycles. The third kappa shape index (κ3) is 4.30. The van der Waals surface area contributed by atoms with E-state index in [2.05, 4.69) is 9.97 Å². The van der Waals surface area contributed by atoms with Gasteiger partial charge in [0.05, 0.1) is 21.6 Å². The van der Waals surface area contributed by atoms with E-state index in [0.29, 0.717) is 22.3 Å². The van der Waals surface area contributed by atoms with Crippen LogP contribution >= 0.6 is 0 Å². The van der Waals surface area contributed by atoms with E-state index in [9.17, 15) is 16.8 Å². The van der Waals surface area contributed by atoms with Gasteiger partial charge in [-0.2, -0.15) is 0 Å². The Balaban J connectivity index is 1.86. The minimum absolute atomic E-state index is 0.0958. The Hall–Kier alpha value is -3.41. The van der Waals surface area contributed by atoms with E-state index in [-0.39, 0.29) is 15.6 Å². The van der Waals surface area contributed by atoms with Crippen LogP contribution in [-0.2, 0) is 19.9 Å². The Bertz CT molecular complexity index is 1580. The minimum atomic E-state index is -3.79. The molecule has 0 saturated carbocycles. The molecular formula is C22H21N5O4S2. The maximum absolute atomic E-state index is 12.6. The zero-order chi connectivity index (χ0) is 24.0. The molecule has 170 valence electrons. The number of hydrogen-bond donors (Lipinski definition) is 1. The summed E-state index contributed by atoms with van der Waals surface area (Å²) in [6.45, 7) is 0. The van der Waals surface area contributed by atoms with Gasteiger partial charge in [-0.15, -0.1) is 0 Å². The number of benzene rings is 1. The Kier molecular flexibility index (Phi) is 5.64. The van der Waals surface area contributed by atoms with Crippen LogP contribution in [0, 0.1) is 0 Å². The Morgan fingerprint density at radius 3 is 2.21 bits per heavy atom. The first kappa shape index (κ1) is 22.8. The summed E-state index contributed by atoms with van der Waals surface area (Å²) in [7, 11) is -4.26. The van der Waals surface area contributed by atoms with Crippen molar-refractivity contribution in [3.8, 4) is 22.4 Å². The third-order valence-corrected chi connectivity index (χ3v) is 8.09. The molecule has 4 aromatic rings. The van der Waals surface area contributed by atoms with Crippen LogP contribution in [-0.4, -0.2) is 56.4 Å². The van der Waals surface area contributed by atoms with Gasteiger partial charge in [-0.1, -0.05) is 12.1 Å². The number of aromatic nitrogens is 3. The molecule has 4 rings (SSSR count). The van der Waals surface area contributed by atoms with Crippen molar-refractivity contribution >= 4 is 36.7 Å². The highest BCUT2D eigenvalue weighted by molar-refractivity contribution is 7.90. The van der Waals surface area contributed by atoms with Crippen LogP contribution in [0.2, 0.25) is 0 Å². The van der Waals surface area contributed by atoms with Crippen LogP contribution in [0.5, 0.6) is 0 Å². The van der Waals surface area contributed by atoms with Crippen molar-refractivity contribution in [2.24, 2.45) is 0 Å². The number of hydrogen-bond acceptors (Lipinski definition) is 8. The van der Waals surface area contributed by atoms with Gasteiger partial charge < -0.3 is 5.73 Å². The van der Waals surface area contributed by atoms with Crippen LogP contribution in [0.4, 0.5) is 5.82 Å². The molecule has 0 fully saturated rings. The van der Waals surface area contributed by atoms with E-state index in [1.165, 1.54) is 26.4 Å². The average Bonchev–Trinajstić information content (AvgIpc) is 2.78. The second kappa shape index (κ2) is 8.18. The largest absolute Gasteiger partial charge is 0.383 e. The lowest BCUT2D eigenvalue weighted by atomic mass is 10.0. The van der Waals surface area contributed by atoms with Crippen molar-refractivity contribution in [2.45, 2.75) is 9.79 Å². The van der Waals surface area contributed by atoms with Crippen molar-refractivity contribution in [3.05, 3.63) is 60.9 Å². The molecule has 0 radical (unpaired) electrons. The lowest BCUT2D eigenvalue weighted by Gasteiger charge is -2.14. The molecule has 0 spiro atoms. The van der Waals surface area contributed by atoms with Gasteiger partial charge in [0.1, 0.15) is 10.7 Å². The summed E-state index contributed by atoms with van der Waals surface area (Å²) < 4.78 is 49.9. The van der Waals surface area contributed by atoms with Crippen molar-refractivity contribution < 1.29 is 16.8 Å². The van der Waals surface area contributed by atoms with Gasteiger partial charge in [0.15, 0.2) is 9.84 Å². The normalized spacial score (nSPS) is 12.4. The molecule has 0 aliphatic rings. The number of rotatable bonds is 5. The molecule has 0 amide bonds. The maximum Gasteiger partial charge on any atom is 0.246 e. The fourth-order valence-corrected chi connectivity index (χ4v) is 4.92. The zero-order valence-corrected chi connectivity index (χ0v) is 19.7. The first-order chi connectivity index (χ1) is 15.5. The van der Waals surface area contributed by atoms with Crippen LogP contribution in [0.25, 0.3) is 33.4 Å². The lowest BCUT2D eigenvalue weighted by molar-refractivity contribution is 0.521. The smallest absolute Gasteiger partial charge is 0.246 e. The van der Waals surface area contributed by atoms with Crippen molar-refractivity contribution in [1.29, 1.82) is 0 Å². The molecule has 11 heteroatoms. The summed E-state index contributed by atoms with van der Waals surface area (Å²) >= 11 is 0. The van der Waals surface area contributed by atoms with Crippen molar-refractivity contribution in [2.75, 3.05) is 26.1 Å². The molecule has 2 N–H and O–H groups in total. The Morgan fingerprint density at radius 2 is 1.58 bits per heavy atom. The van der Waals surface area contributed by atoms with Crippen molar-refractivity contribution in [1.82, 2.24) is 19.3 Å². The number of nitrogens with zero attached hydrogens (tertiary/aromatic N) is 4. The quantitative estimate of drug-likeness (QED) is 0.457. The molecule has 1 aromatic carbocycles. The van der Waals surface area contributed by atoms with Gasteiger partial charge in [-0.25, -0.2) is 31.1 Å². The predicted molar refractivity (Wildman–Crippen MR) is 127 cm³/mol. The third-order valence-electron chi connectivity index (χ3n) is 5.11. The summed E-state index contributed by atoms with van der Waals surface area (Å²) in [6, 6.07) is 13.3. The van der Waals surface area contributed by atoms with E-state index in [1.54, 1.807) is 48.7 Å². The number of fused-ring (bicyclic) bond motifs is 1. The highest BCUT2D eigenvalue weighted by Gasteiger charge is 2.22. The minimum Gasteiger partial charge on any atom is -0.383 e. The molecule has 0 unspecified atom stereocenters. The van der Waals surface area contributed by atoms with Crippen LogP contribution in [0.1, 0.15) is 0 Å². The lowest BCUT2D eigenvalue weighted by Crippen LogP contribution is -2.23. The molecule has 0 bridgehead atoms. The molecule has 0 aliphatic heterocycles. The Morgan fingerprint density at radius 1 is 0.879 bits per heavy atom. The number of anilines is 1. The van der Waals surface area contributed by atoms with E-state index >= 15 is 0 Å². The number of nitrogens with two attached hydrogens (primary N) is 1. The molecule has 0 saturated heterocycles. The van der Waals surface area contributed by atoms with Gasteiger partial charge in [0.2, 0.25) is 10.0 Å². The highest BCUT2D eigenvalue weighted by atomic mass is 32.2. The summed E-state index contributed by atoms with van der Waals surface area (Å²) in [6.07, 6.45) is 4.27. The SMILES string of the molecule is CN(C)S(=O)(=O)c1cc(-c2ccc3nccc(-c4ccc(S(C)(=O)=O)cc4)c3n2)cnc1N. The first-order valence-electron chi connectivity index (χ1n) is 9.73. The summed E-state index contributed by atoms with van der Waals surface area (Å²) in [5, 5.41) is 0. The van der Waals surface area contributed by atoms with E-state index < -0.39 is 19.9 Å². The number of nitrogen functional groups attached to an aromatic ring is 1. The van der Waals surface area contributed by atoms with Gasteiger partial charge in [0, 0.05) is 43.9 Å². The highest BCUT2D eigenvalue weighted by Crippen LogP contribution is 2.31. The topological polar surface area (TPSA) is 136 Å². The predicted octanol–water partition coefficient (Wildman–Crippen LogP) is 2.59. The monoisotopic (exact) mass is 483 g/mol. The van der Waals surface area contributed by atoms with E-state index in [1.807, 2.05) is 0 Å². The molecule has 33 heavy (non-hydrogen) atoms. The number of sulfonamides is 1. The fourth-order valence-electron chi connectivity index (χ4n) is 3.30. The summed E-state index contributed by atoms with van der Waals surface area (Å²) in [4.78, 5) is 13.3. The van der Waals surface area contributed by atoms with Gasteiger partial charge in [-0.05, 0) is 42.0 Å². The van der Waals surface area contributed by atoms with Gasteiger partial charge in [-0.3, -0.25) is 4.98 Å². The van der Waals surface area contributed by atoms with Gasteiger partial charge in [0.25, 0.3) is 0 Å². The van der Waals surface area contributed by atoms with E-state index in [0.717, 1.165) is 21.7 Å². The maximum atomic E-state index is 12.6. The molecule has 0 atom stereocenters. The van der Waals surface area contributed by atoms with Crippen molar-refractivity contribution in [3.63, 3.8) is 0 Å². The first-order valence-corrected chi connectivity index (χ1v) is 13.1. The standard InChI is InChI=1S/C22H21N5O4S2/c1-27(2)33(30,31)20-12-15(13-25-22(20)23)18-8-9-19-21(26-18)17(10-11-24-19)14-4-6-16(7-5-14)32(3,28)29/h4-13H,1-3H3,(H2,23,25). The molecular weight excluding hydrogens is 462 g/mol. The van der Waals surface area contributed by atoms with Crippen LogP contribution in [0.15, 0.2) is 70.7 Å². The fraction of sp³-hybridized carbons (Fsp3) is 0.136. The van der Waals surface area contributed by atoms with Crippen LogP contribution in [0.3, 0.4) is 0 Å². The summed E-state index contributed by atoms with van der Waals surface area (Å²) in [5.41, 5.74) is 9.54. The molecule has 9 nitrogen and oxygen atoms in total.